The highest BCUT2D eigenvalue weighted by molar-refractivity contribution is 5.96. The zero-order valence-corrected chi connectivity index (χ0v) is 11.7. The number of aromatic carboxylic acids is 1. The molecule has 1 fully saturated rings. The van der Waals surface area contributed by atoms with Crippen molar-refractivity contribution in [3.63, 3.8) is 0 Å². The van der Waals surface area contributed by atoms with Crippen LogP contribution in [-0.2, 0) is 11.2 Å². The number of hydrogen-bond acceptors (Lipinski definition) is 4. The number of amides is 1. The second kappa shape index (κ2) is 6.09. The van der Waals surface area contributed by atoms with Gasteiger partial charge in [-0.25, -0.2) is 4.79 Å². The summed E-state index contributed by atoms with van der Waals surface area (Å²) in [7, 11) is 0. The average Bonchev–Trinajstić information content (AvgIpc) is 2.91. The minimum atomic E-state index is -1.07. The predicted octanol–water partition coefficient (Wildman–Crippen LogP) is 1.79. The third-order valence-electron chi connectivity index (χ3n) is 3.53. The Morgan fingerprint density at radius 1 is 1.45 bits per heavy atom. The van der Waals surface area contributed by atoms with Crippen molar-refractivity contribution in [2.75, 3.05) is 19.8 Å². The Labute approximate surface area is 117 Å². The Morgan fingerprint density at radius 2 is 2.20 bits per heavy atom. The maximum atomic E-state index is 12.5. The normalized spacial score (nSPS) is 19.1. The molecule has 0 saturated carbocycles. The van der Waals surface area contributed by atoms with Crippen LogP contribution in [0.4, 0.5) is 0 Å². The molecule has 0 radical (unpaired) electrons. The quantitative estimate of drug-likeness (QED) is 0.910. The smallest absolute Gasteiger partial charge is 0.339 e. The van der Waals surface area contributed by atoms with E-state index < -0.39 is 5.97 Å². The molecule has 6 nitrogen and oxygen atoms in total. The third-order valence-corrected chi connectivity index (χ3v) is 3.53. The van der Waals surface area contributed by atoms with Gasteiger partial charge in [0.05, 0.1) is 19.3 Å². The first-order valence-corrected chi connectivity index (χ1v) is 6.83. The van der Waals surface area contributed by atoms with Crippen LogP contribution < -0.4 is 0 Å². The summed E-state index contributed by atoms with van der Waals surface area (Å²) < 4.78 is 10.8. The van der Waals surface area contributed by atoms with Crippen LogP contribution in [-0.4, -0.2) is 47.7 Å². The Bertz CT molecular complexity index is 508. The summed E-state index contributed by atoms with van der Waals surface area (Å²) in [6.07, 6.45) is 1.23. The lowest BCUT2D eigenvalue weighted by Crippen LogP contribution is -2.48. The summed E-state index contributed by atoms with van der Waals surface area (Å²) in [6.45, 7) is 5.29. The number of aryl methyl sites for hydroxylation is 1. The summed E-state index contributed by atoms with van der Waals surface area (Å²) in [4.78, 5) is 25.3. The molecule has 2 rings (SSSR count). The largest absolute Gasteiger partial charge is 0.478 e. The van der Waals surface area contributed by atoms with E-state index in [4.69, 9.17) is 14.3 Å². The van der Waals surface area contributed by atoms with Gasteiger partial charge < -0.3 is 19.2 Å². The molecular formula is C14H19NO5. The molecule has 0 bridgehead atoms. The second-order valence-electron chi connectivity index (χ2n) is 4.74. The van der Waals surface area contributed by atoms with E-state index in [0.29, 0.717) is 31.9 Å². The van der Waals surface area contributed by atoms with Crippen LogP contribution in [0.2, 0.25) is 0 Å². The van der Waals surface area contributed by atoms with Gasteiger partial charge in [-0.1, -0.05) is 13.8 Å². The van der Waals surface area contributed by atoms with Crippen LogP contribution >= 0.6 is 0 Å². The molecule has 2 heterocycles. The van der Waals surface area contributed by atoms with Gasteiger partial charge >= 0.3 is 5.97 Å². The fraction of sp³-hybridized carbons (Fsp3) is 0.571. The van der Waals surface area contributed by atoms with Gasteiger partial charge in [0.2, 0.25) is 0 Å². The number of carboxylic acids is 1. The first-order valence-electron chi connectivity index (χ1n) is 6.83. The van der Waals surface area contributed by atoms with Crippen LogP contribution in [0.5, 0.6) is 0 Å². The van der Waals surface area contributed by atoms with Gasteiger partial charge in [-0.3, -0.25) is 4.79 Å². The van der Waals surface area contributed by atoms with E-state index in [-0.39, 0.29) is 23.3 Å². The maximum absolute atomic E-state index is 12.5. The number of hydrogen-bond donors (Lipinski definition) is 1. The van der Waals surface area contributed by atoms with Gasteiger partial charge in [-0.15, -0.1) is 0 Å². The van der Waals surface area contributed by atoms with Crippen molar-refractivity contribution >= 4 is 11.9 Å². The van der Waals surface area contributed by atoms with E-state index in [1.54, 1.807) is 11.8 Å². The van der Waals surface area contributed by atoms with Crippen molar-refractivity contribution in [1.82, 2.24) is 4.90 Å². The summed E-state index contributed by atoms with van der Waals surface area (Å²) in [5, 5.41) is 9.10. The van der Waals surface area contributed by atoms with Gasteiger partial charge in [0.15, 0.2) is 5.76 Å². The molecular weight excluding hydrogens is 262 g/mol. The molecule has 1 saturated heterocycles. The third kappa shape index (κ3) is 2.70. The summed E-state index contributed by atoms with van der Waals surface area (Å²) in [5.74, 6) is -0.900. The molecule has 1 N–H and O–H groups in total. The van der Waals surface area contributed by atoms with E-state index >= 15 is 0 Å². The van der Waals surface area contributed by atoms with E-state index in [9.17, 15) is 9.59 Å². The molecule has 1 amide bonds. The van der Waals surface area contributed by atoms with Crippen LogP contribution in [0.3, 0.4) is 0 Å². The Hall–Kier alpha value is -1.82. The average molecular weight is 281 g/mol. The molecule has 1 aromatic heterocycles. The van der Waals surface area contributed by atoms with Gasteiger partial charge in [0, 0.05) is 19.0 Å². The zero-order valence-electron chi connectivity index (χ0n) is 11.7. The highest BCUT2D eigenvalue weighted by atomic mass is 16.5. The minimum absolute atomic E-state index is 0.0136. The summed E-state index contributed by atoms with van der Waals surface area (Å²) in [5.41, 5.74) is 0.0668. The first-order chi connectivity index (χ1) is 9.58. The summed E-state index contributed by atoms with van der Waals surface area (Å²) in [6, 6.07) is 1.34. The number of ether oxygens (including phenoxy) is 1. The zero-order chi connectivity index (χ0) is 14.7. The molecule has 0 aliphatic carbocycles. The van der Waals surface area contributed by atoms with E-state index in [1.807, 2.05) is 6.92 Å². The van der Waals surface area contributed by atoms with Gasteiger partial charge in [-0.2, -0.15) is 0 Å². The number of nitrogens with zero attached hydrogens (tertiary/aromatic N) is 1. The first kappa shape index (κ1) is 14.6. The van der Waals surface area contributed by atoms with Gasteiger partial charge in [-0.05, 0) is 6.42 Å². The lowest BCUT2D eigenvalue weighted by Gasteiger charge is -2.34. The van der Waals surface area contributed by atoms with Crippen molar-refractivity contribution in [1.29, 1.82) is 0 Å². The minimum Gasteiger partial charge on any atom is -0.478 e. The van der Waals surface area contributed by atoms with Crippen molar-refractivity contribution in [2.24, 2.45) is 0 Å². The molecule has 1 unspecified atom stereocenters. The van der Waals surface area contributed by atoms with Gasteiger partial charge in [0.25, 0.3) is 5.91 Å². The fourth-order valence-electron chi connectivity index (χ4n) is 2.38. The molecule has 1 atom stereocenters. The highest BCUT2D eigenvalue weighted by Crippen LogP contribution is 2.20. The maximum Gasteiger partial charge on any atom is 0.339 e. The number of rotatable bonds is 4. The lowest BCUT2D eigenvalue weighted by molar-refractivity contribution is -0.00440. The Morgan fingerprint density at radius 3 is 2.75 bits per heavy atom. The lowest BCUT2D eigenvalue weighted by atomic mass is 10.1. The standard InChI is InChI=1S/C14H19NO5/c1-3-9-8-19-6-5-15(9)13(16)12-7-10(14(17)18)11(4-2)20-12/h7,9H,3-6,8H2,1-2H3,(H,17,18). The number of morpholine rings is 1. The Kier molecular flexibility index (Phi) is 4.44. The molecule has 1 aliphatic heterocycles. The highest BCUT2D eigenvalue weighted by Gasteiger charge is 2.30. The van der Waals surface area contributed by atoms with Crippen LogP contribution in [0.1, 0.15) is 46.9 Å². The van der Waals surface area contributed by atoms with Crippen LogP contribution in [0, 0.1) is 0 Å². The van der Waals surface area contributed by atoms with E-state index in [2.05, 4.69) is 0 Å². The van der Waals surface area contributed by atoms with Crippen molar-refractivity contribution in [3.8, 4) is 0 Å². The molecule has 1 aromatic rings. The van der Waals surface area contributed by atoms with E-state index in [1.165, 1.54) is 6.07 Å². The molecule has 1 aliphatic rings. The molecule has 110 valence electrons. The van der Waals surface area contributed by atoms with Crippen molar-refractivity contribution in [3.05, 3.63) is 23.2 Å². The van der Waals surface area contributed by atoms with Crippen molar-refractivity contribution < 1.29 is 23.8 Å². The van der Waals surface area contributed by atoms with Crippen LogP contribution in [0.15, 0.2) is 10.5 Å². The predicted molar refractivity (Wildman–Crippen MR) is 71.0 cm³/mol. The molecule has 0 spiro atoms. The van der Waals surface area contributed by atoms with Crippen LogP contribution in [0.25, 0.3) is 0 Å². The fourth-order valence-corrected chi connectivity index (χ4v) is 2.38. The second-order valence-corrected chi connectivity index (χ2v) is 4.74. The van der Waals surface area contributed by atoms with E-state index in [0.717, 1.165) is 6.42 Å². The molecule has 20 heavy (non-hydrogen) atoms. The summed E-state index contributed by atoms with van der Waals surface area (Å²) >= 11 is 0. The van der Waals surface area contributed by atoms with Gasteiger partial charge in [0.1, 0.15) is 11.3 Å². The monoisotopic (exact) mass is 281 g/mol. The molecule has 0 aromatic carbocycles. The number of carbonyl (C=O) groups excluding carboxylic acids is 1. The molecule has 6 heteroatoms. The van der Waals surface area contributed by atoms with Crippen molar-refractivity contribution in [2.45, 2.75) is 32.7 Å². The number of carboxylic acid groups (broad SMARTS) is 1. The topological polar surface area (TPSA) is 80.0 Å². The SMILES string of the molecule is CCc1oc(C(=O)N2CCOCC2CC)cc1C(=O)O. The number of carbonyl (C=O) groups is 2. The Balaban J connectivity index is 2.26. The number of furan rings is 1.